The lowest BCUT2D eigenvalue weighted by atomic mass is 10.1. The Balaban J connectivity index is 2.32. The molecule has 1 saturated heterocycles. The lowest BCUT2D eigenvalue weighted by Crippen LogP contribution is -2.61. The summed E-state index contributed by atoms with van der Waals surface area (Å²) in [6.45, 7) is 1.18. The van der Waals surface area contributed by atoms with Crippen LogP contribution in [0.15, 0.2) is 29.2 Å². The van der Waals surface area contributed by atoms with Crippen LogP contribution in [0.5, 0.6) is 0 Å². The number of amides is 2. The van der Waals surface area contributed by atoms with E-state index in [4.69, 9.17) is 5.73 Å². The zero-order valence-corrected chi connectivity index (χ0v) is 14.6. The number of primary amides is 1. The first-order chi connectivity index (χ1) is 12.0. The Hall–Kier alpha value is -2.73. The summed E-state index contributed by atoms with van der Waals surface area (Å²) >= 11 is 0. The molecule has 2 amide bonds. The van der Waals surface area contributed by atoms with Crippen molar-refractivity contribution in [1.82, 2.24) is 9.21 Å². The highest BCUT2D eigenvalue weighted by atomic mass is 32.2. The Morgan fingerprint density at radius 2 is 1.88 bits per heavy atom. The van der Waals surface area contributed by atoms with Crippen molar-refractivity contribution < 1.29 is 28.0 Å². The van der Waals surface area contributed by atoms with E-state index < -0.39 is 39.0 Å². The van der Waals surface area contributed by atoms with Crippen molar-refractivity contribution >= 4 is 27.7 Å². The fourth-order valence-electron chi connectivity index (χ4n) is 2.97. The van der Waals surface area contributed by atoms with E-state index in [9.17, 15) is 33.2 Å². The molecule has 11 nitrogen and oxygen atoms in total. The molecule has 0 bridgehead atoms. The summed E-state index contributed by atoms with van der Waals surface area (Å²) in [6.07, 6.45) is -1.58. The highest BCUT2D eigenvalue weighted by Gasteiger charge is 2.40. The number of hydrogen-bond acceptors (Lipinski definition) is 6. The second-order valence-corrected chi connectivity index (χ2v) is 7.87. The standard InChI is InChI=1S/C14H18N4O7S/c1-9-7-16(8-11(6-13(15)19)17(9)14(20)21)26(24,25)12-4-2-10(3-5-12)18(22)23/h2-5,9,11H,6-8H2,1H3,(H2,15,19)(H,20,21)/t9-,11+/m1/s1. The minimum absolute atomic E-state index is 0.110. The van der Waals surface area contributed by atoms with Crippen molar-refractivity contribution in [3.8, 4) is 0 Å². The Morgan fingerprint density at radius 3 is 2.35 bits per heavy atom. The zero-order chi connectivity index (χ0) is 19.6. The molecular formula is C14H18N4O7S. The van der Waals surface area contributed by atoms with Gasteiger partial charge in [0.15, 0.2) is 0 Å². The summed E-state index contributed by atoms with van der Waals surface area (Å²) < 4.78 is 26.7. The molecule has 142 valence electrons. The number of nitrogens with zero attached hydrogens (tertiary/aromatic N) is 3. The van der Waals surface area contributed by atoms with E-state index in [1.807, 2.05) is 0 Å². The number of hydrogen-bond donors (Lipinski definition) is 2. The molecule has 0 aromatic heterocycles. The summed E-state index contributed by atoms with van der Waals surface area (Å²) in [5.41, 5.74) is 4.90. The minimum Gasteiger partial charge on any atom is -0.465 e. The summed E-state index contributed by atoms with van der Waals surface area (Å²) in [4.78, 5) is 33.6. The van der Waals surface area contributed by atoms with Gasteiger partial charge in [0.1, 0.15) is 0 Å². The maximum absolute atomic E-state index is 12.8. The van der Waals surface area contributed by atoms with Crippen LogP contribution in [-0.2, 0) is 14.8 Å². The average molecular weight is 386 g/mol. The fourth-order valence-corrected chi connectivity index (χ4v) is 4.52. The molecule has 0 spiro atoms. The van der Waals surface area contributed by atoms with Crippen molar-refractivity contribution in [2.45, 2.75) is 30.3 Å². The molecular weight excluding hydrogens is 368 g/mol. The van der Waals surface area contributed by atoms with Crippen LogP contribution in [0.2, 0.25) is 0 Å². The summed E-state index contributed by atoms with van der Waals surface area (Å²) in [5, 5.41) is 20.0. The van der Waals surface area contributed by atoms with Gasteiger partial charge in [-0.15, -0.1) is 0 Å². The summed E-state index contributed by atoms with van der Waals surface area (Å²) in [6, 6.07) is 2.77. The topological polar surface area (TPSA) is 164 Å². The smallest absolute Gasteiger partial charge is 0.407 e. The van der Waals surface area contributed by atoms with E-state index >= 15 is 0 Å². The predicted octanol–water partition coefficient (Wildman–Crippen LogP) is 0.212. The molecule has 2 atom stereocenters. The van der Waals surface area contributed by atoms with Crippen molar-refractivity contribution in [3.05, 3.63) is 34.4 Å². The number of rotatable bonds is 5. The molecule has 12 heteroatoms. The third-order valence-corrected chi connectivity index (χ3v) is 5.94. The first-order valence-electron chi connectivity index (χ1n) is 7.58. The van der Waals surface area contributed by atoms with Crippen LogP contribution in [0.25, 0.3) is 0 Å². The van der Waals surface area contributed by atoms with Crippen LogP contribution in [0, 0.1) is 10.1 Å². The molecule has 1 aliphatic rings. The normalized spacial score (nSPS) is 21.3. The Labute approximate surface area is 149 Å². The number of carbonyl (C=O) groups excluding carboxylic acids is 1. The zero-order valence-electron chi connectivity index (χ0n) is 13.8. The molecule has 0 saturated carbocycles. The third kappa shape index (κ3) is 3.91. The van der Waals surface area contributed by atoms with Gasteiger partial charge in [-0.05, 0) is 19.1 Å². The minimum atomic E-state index is -4.02. The van der Waals surface area contributed by atoms with Gasteiger partial charge >= 0.3 is 6.09 Å². The molecule has 0 aliphatic carbocycles. The third-order valence-electron chi connectivity index (χ3n) is 4.09. The lowest BCUT2D eigenvalue weighted by molar-refractivity contribution is -0.384. The molecule has 0 unspecified atom stereocenters. The Bertz CT molecular complexity index is 824. The molecule has 1 aromatic carbocycles. The number of sulfonamides is 1. The van der Waals surface area contributed by atoms with Crippen molar-refractivity contribution in [1.29, 1.82) is 0 Å². The predicted molar refractivity (Wildman–Crippen MR) is 88.8 cm³/mol. The van der Waals surface area contributed by atoms with Gasteiger partial charge in [-0.1, -0.05) is 0 Å². The van der Waals surface area contributed by atoms with Gasteiger partial charge in [0.05, 0.1) is 15.9 Å². The number of carbonyl (C=O) groups is 2. The van der Waals surface area contributed by atoms with E-state index in [0.717, 1.165) is 33.5 Å². The van der Waals surface area contributed by atoms with Crippen LogP contribution in [-0.4, -0.2) is 64.8 Å². The number of non-ortho nitro benzene ring substituents is 1. The quantitative estimate of drug-likeness (QED) is 0.539. The number of carboxylic acid groups (broad SMARTS) is 1. The Morgan fingerprint density at radius 1 is 1.31 bits per heavy atom. The molecule has 2 rings (SSSR count). The second-order valence-electron chi connectivity index (χ2n) is 5.94. The highest BCUT2D eigenvalue weighted by Crippen LogP contribution is 2.25. The van der Waals surface area contributed by atoms with Crippen LogP contribution in [0.4, 0.5) is 10.5 Å². The summed E-state index contributed by atoms with van der Waals surface area (Å²) in [5.74, 6) is -0.747. The van der Waals surface area contributed by atoms with Crippen molar-refractivity contribution in [2.75, 3.05) is 13.1 Å². The van der Waals surface area contributed by atoms with Gasteiger partial charge in [-0.25, -0.2) is 13.2 Å². The molecule has 26 heavy (non-hydrogen) atoms. The fraction of sp³-hybridized carbons (Fsp3) is 0.429. The number of benzene rings is 1. The summed E-state index contributed by atoms with van der Waals surface area (Å²) in [7, 11) is -4.02. The van der Waals surface area contributed by atoms with Gasteiger partial charge in [0.2, 0.25) is 15.9 Å². The van der Waals surface area contributed by atoms with E-state index in [1.165, 1.54) is 6.92 Å². The molecule has 1 heterocycles. The lowest BCUT2D eigenvalue weighted by Gasteiger charge is -2.43. The number of nitrogens with two attached hydrogens (primary N) is 1. The first kappa shape index (κ1) is 19.6. The Kier molecular flexibility index (Phi) is 5.47. The van der Waals surface area contributed by atoms with Gasteiger partial charge < -0.3 is 10.8 Å². The molecule has 3 N–H and O–H groups in total. The van der Waals surface area contributed by atoms with Crippen LogP contribution in [0.3, 0.4) is 0 Å². The maximum Gasteiger partial charge on any atom is 0.407 e. The van der Waals surface area contributed by atoms with Crippen LogP contribution < -0.4 is 5.73 Å². The van der Waals surface area contributed by atoms with Crippen LogP contribution in [0.1, 0.15) is 13.3 Å². The number of piperazine rings is 1. The highest BCUT2D eigenvalue weighted by molar-refractivity contribution is 7.89. The number of nitro groups is 1. The van der Waals surface area contributed by atoms with Gasteiger partial charge in [0, 0.05) is 37.7 Å². The second kappa shape index (κ2) is 7.25. The van der Waals surface area contributed by atoms with E-state index in [0.29, 0.717) is 0 Å². The van der Waals surface area contributed by atoms with Gasteiger partial charge in [-0.2, -0.15) is 4.31 Å². The van der Waals surface area contributed by atoms with E-state index in [-0.39, 0.29) is 30.1 Å². The van der Waals surface area contributed by atoms with Gasteiger partial charge in [0.25, 0.3) is 5.69 Å². The molecule has 1 fully saturated rings. The monoisotopic (exact) mass is 386 g/mol. The van der Waals surface area contributed by atoms with E-state index in [2.05, 4.69) is 0 Å². The van der Waals surface area contributed by atoms with E-state index in [1.54, 1.807) is 0 Å². The van der Waals surface area contributed by atoms with Crippen LogP contribution >= 0.6 is 0 Å². The maximum atomic E-state index is 12.8. The average Bonchev–Trinajstić information content (AvgIpc) is 2.53. The molecule has 1 aliphatic heterocycles. The number of nitro benzene ring substituents is 1. The molecule has 0 radical (unpaired) electrons. The largest absolute Gasteiger partial charge is 0.465 e. The van der Waals surface area contributed by atoms with Crippen molar-refractivity contribution in [2.24, 2.45) is 5.73 Å². The molecule has 1 aromatic rings. The van der Waals surface area contributed by atoms with Crippen molar-refractivity contribution in [3.63, 3.8) is 0 Å². The first-order valence-corrected chi connectivity index (χ1v) is 9.02. The SMILES string of the molecule is C[C@@H]1CN(S(=O)(=O)c2ccc([N+](=O)[O-])cc2)C[C@H](CC(N)=O)N1C(=O)O. The van der Waals surface area contributed by atoms with Gasteiger partial charge in [-0.3, -0.25) is 19.8 Å².